The van der Waals surface area contributed by atoms with Gasteiger partial charge in [0.15, 0.2) is 0 Å². The van der Waals surface area contributed by atoms with Crippen molar-refractivity contribution in [3.05, 3.63) is 214 Å². The number of imidazole rings is 2. The first-order chi connectivity index (χ1) is 33.5. The van der Waals surface area contributed by atoms with Crippen molar-refractivity contribution in [1.82, 2.24) is 28.5 Å². The molecule has 12 nitrogen and oxygen atoms in total. The summed E-state index contributed by atoms with van der Waals surface area (Å²) in [4.78, 5) is 19.7. The number of fused-ring (bicyclic) bond motifs is 2. The monoisotopic (exact) mass is 998 g/mol. The fourth-order valence-corrected chi connectivity index (χ4v) is 13.8. The second kappa shape index (κ2) is 21.7. The first-order valence-corrected chi connectivity index (χ1v) is 27.2. The SMILES string of the molecule is Cc1ccc(Cl)cc1S(=O)(=O)N1Cc2ccccc2N(Cc2cnc[nH]2)C(CCc2ccccc2)C1.O=S(=O)(c1cccs1)N1Cc2ccccc2N(Cc2cnc[nH]2)C(CCc2ccccc2)C1. The summed E-state index contributed by atoms with van der Waals surface area (Å²) in [6.07, 6.45) is 10.4. The minimum atomic E-state index is -3.78. The third-order valence-electron chi connectivity index (χ3n) is 12.9. The largest absolute Gasteiger partial charge is 0.361 e. The van der Waals surface area contributed by atoms with Crippen LogP contribution in [-0.2, 0) is 59.1 Å². The lowest BCUT2D eigenvalue weighted by atomic mass is 10.0. The molecule has 2 aliphatic heterocycles. The Morgan fingerprint density at radius 1 is 0.609 bits per heavy atom. The zero-order valence-electron chi connectivity index (χ0n) is 38.3. The third-order valence-corrected chi connectivity index (χ3v) is 18.2. The van der Waals surface area contributed by atoms with E-state index in [1.165, 1.54) is 22.5 Å². The van der Waals surface area contributed by atoms with Crippen LogP contribution in [0.25, 0.3) is 0 Å². The molecule has 8 aromatic rings. The van der Waals surface area contributed by atoms with E-state index in [2.05, 4.69) is 66.1 Å². The van der Waals surface area contributed by atoms with Gasteiger partial charge in [-0.05, 0) is 96.1 Å². The highest BCUT2D eigenvalue weighted by atomic mass is 35.5. The molecule has 5 aromatic carbocycles. The van der Waals surface area contributed by atoms with E-state index in [1.54, 1.807) is 51.6 Å². The lowest BCUT2D eigenvalue weighted by Gasteiger charge is -2.34. The number of H-pyrrole nitrogens is 2. The summed E-state index contributed by atoms with van der Waals surface area (Å²) in [7, 11) is -7.36. The predicted molar refractivity (Wildman–Crippen MR) is 275 cm³/mol. The van der Waals surface area contributed by atoms with Crippen LogP contribution in [0, 0.1) is 6.92 Å². The number of nitrogens with zero attached hydrogens (tertiary/aromatic N) is 6. The van der Waals surface area contributed by atoms with Crippen molar-refractivity contribution in [2.24, 2.45) is 0 Å². The number of para-hydroxylation sites is 2. The van der Waals surface area contributed by atoms with E-state index in [0.717, 1.165) is 59.6 Å². The molecule has 5 heterocycles. The van der Waals surface area contributed by atoms with Crippen molar-refractivity contribution in [3.8, 4) is 0 Å². The van der Waals surface area contributed by atoms with Crippen LogP contribution < -0.4 is 9.80 Å². The van der Waals surface area contributed by atoms with E-state index < -0.39 is 20.0 Å². The van der Waals surface area contributed by atoms with Gasteiger partial charge >= 0.3 is 0 Å². The summed E-state index contributed by atoms with van der Waals surface area (Å²) < 4.78 is 58.8. The third kappa shape index (κ3) is 11.4. The van der Waals surface area contributed by atoms with Crippen LogP contribution in [0.2, 0.25) is 5.02 Å². The number of aryl methyl sites for hydroxylation is 3. The van der Waals surface area contributed by atoms with Gasteiger partial charge in [-0.1, -0.05) is 121 Å². The molecule has 356 valence electrons. The maximum atomic E-state index is 14.0. The lowest BCUT2D eigenvalue weighted by Crippen LogP contribution is -2.43. The van der Waals surface area contributed by atoms with Gasteiger partial charge in [-0.2, -0.15) is 8.61 Å². The number of halogens is 1. The van der Waals surface area contributed by atoms with Crippen LogP contribution in [0.1, 0.15) is 52.0 Å². The molecule has 0 saturated heterocycles. The van der Waals surface area contributed by atoms with Gasteiger partial charge in [0.05, 0.1) is 42.0 Å². The standard InChI is InChI=1S/C28H29ClN4O2S.C25H26N4O2S2/c1-21-11-13-24(29)15-28(21)36(34,35)32-17-23-9-5-6-10-27(23)33(18-25-16-30-20-31-25)26(19-32)14-12-22-7-3-2-4-8-22;30-33(31,25-11-6-14-32-25)28-16-21-9-4-5-10-24(21)29(17-22-15-26-19-27-22)23(18-28)13-12-20-7-2-1-3-8-20/h2-11,13,15-16,20,26H,12,14,17-19H2,1H3,(H,30,31);1-11,14-15,19,23H,12-13,16-18H2,(H,26,27). The molecular formula is C53H55ClN8O4S3. The van der Waals surface area contributed by atoms with Gasteiger partial charge in [0, 0.05) is 67.1 Å². The Morgan fingerprint density at radius 2 is 1.10 bits per heavy atom. The number of nitrogens with one attached hydrogen (secondary N) is 2. The molecule has 2 N–H and O–H groups in total. The number of hydrogen-bond acceptors (Lipinski definition) is 9. The number of aromatic amines is 2. The topological polar surface area (TPSA) is 139 Å². The van der Waals surface area contributed by atoms with E-state index in [4.69, 9.17) is 11.6 Å². The van der Waals surface area contributed by atoms with Crippen molar-refractivity contribution in [2.45, 2.75) is 80.0 Å². The Bertz CT molecular complexity index is 3120. The van der Waals surface area contributed by atoms with Crippen LogP contribution in [0.5, 0.6) is 0 Å². The fourth-order valence-electron chi connectivity index (χ4n) is 9.30. The molecule has 2 atom stereocenters. The molecule has 0 amide bonds. The van der Waals surface area contributed by atoms with Crippen LogP contribution in [0.3, 0.4) is 0 Å². The molecule has 0 spiro atoms. The molecule has 0 saturated carbocycles. The van der Waals surface area contributed by atoms with E-state index in [1.807, 2.05) is 97.5 Å². The zero-order chi connectivity index (χ0) is 47.8. The highest BCUT2D eigenvalue weighted by Crippen LogP contribution is 2.36. The number of hydrogen-bond donors (Lipinski definition) is 2. The summed E-state index contributed by atoms with van der Waals surface area (Å²) in [6.45, 7) is 4.51. The molecule has 10 rings (SSSR count). The molecule has 0 aliphatic carbocycles. The molecule has 2 unspecified atom stereocenters. The van der Waals surface area contributed by atoms with Gasteiger partial charge in [0.25, 0.3) is 10.0 Å². The van der Waals surface area contributed by atoms with Crippen LogP contribution in [0.15, 0.2) is 179 Å². The Balaban J connectivity index is 0.000000172. The molecular weight excluding hydrogens is 944 g/mol. The van der Waals surface area contributed by atoms with E-state index in [9.17, 15) is 16.8 Å². The van der Waals surface area contributed by atoms with Gasteiger partial charge in [-0.25, -0.2) is 26.8 Å². The van der Waals surface area contributed by atoms with Crippen molar-refractivity contribution in [1.29, 1.82) is 0 Å². The molecule has 0 bridgehead atoms. The highest BCUT2D eigenvalue weighted by molar-refractivity contribution is 7.91. The number of thiophene rings is 1. The molecule has 16 heteroatoms. The van der Waals surface area contributed by atoms with Crippen LogP contribution >= 0.6 is 22.9 Å². The molecule has 0 radical (unpaired) electrons. The second-order valence-corrected chi connectivity index (χ2v) is 22.9. The number of rotatable bonds is 14. The maximum absolute atomic E-state index is 14.0. The van der Waals surface area contributed by atoms with Gasteiger partial charge in [-0.3, -0.25) is 0 Å². The lowest BCUT2D eigenvalue weighted by molar-refractivity contribution is 0.370. The first kappa shape index (κ1) is 48.0. The summed E-state index contributed by atoms with van der Waals surface area (Å²) in [5, 5.41) is 2.23. The second-order valence-electron chi connectivity index (χ2n) is 17.5. The summed E-state index contributed by atoms with van der Waals surface area (Å²) in [5.41, 5.74) is 9.27. The van der Waals surface area contributed by atoms with Gasteiger partial charge in [0.1, 0.15) is 4.21 Å². The molecule has 2 aliphatic rings. The van der Waals surface area contributed by atoms with Crippen LogP contribution in [0.4, 0.5) is 11.4 Å². The highest BCUT2D eigenvalue weighted by Gasteiger charge is 2.37. The normalized spacial score (nSPS) is 16.7. The fraction of sp³-hybridized carbons (Fsp3) is 0.245. The average molecular weight is 1000 g/mol. The van der Waals surface area contributed by atoms with Gasteiger partial charge in [-0.15, -0.1) is 11.3 Å². The van der Waals surface area contributed by atoms with E-state index >= 15 is 0 Å². The Labute approximate surface area is 414 Å². The number of benzene rings is 5. The van der Waals surface area contributed by atoms with E-state index in [0.29, 0.717) is 54.1 Å². The van der Waals surface area contributed by atoms with Crippen molar-refractivity contribution >= 4 is 54.4 Å². The van der Waals surface area contributed by atoms with Crippen molar-refractivity contribution in [2.75, 3.05) is 22.9 Å². The average Bonchev–Trinajstić information content (AvgIpc) is 4.18. The Morgan fingerprint density at radius 3 is 1.58 bits per heavy atom. The Kier molecular flexibility index (Phi) is 15.1. The van der Waals surface area contributed by atoms with Crippen molar-refractivity contribution < 1.29 is 16.8 Å². The van der Waals surface area contributed by atoms with Gasteiger partial charge in [0.2, 0.25) is 10.0 Å². The minimum Gasteiger partial charge on any atom is -0.361 e. The molecule has 0 fully saturated rings. The van der Waals surface area contributed by atoms with Crippen molar-refractivity contribution in [3.63, 3.8) is 0 Å². The minimum absolute atomic E-state index is 0.00638. The number of anilines is 2. The number of aromatic nitrogens is 4. The van der Waals surface area contributed by atoms with Crippen LogP contribution in [-0.4, -0.2) is 70.6 Å². The van der Waals surface area contributed by atoms with Gasteiger partial charge < -0.3 is 19.8 Å². The summed E-state index contributed by atoms with van der Waals surface area (Å²) in [6, 6.07) is 45.4. The first-order valence-electron chi connectivity index (χ1n) is 23.0. The summed E-state index contributed by atoms with van der Waals surface area (Å²) >= 11 is 7.49. The molecule has 3 aromatic heterocycles. The quantitative estimate of drug-likeness (QED) is 0.110. The number of sulfonamides is 2. The maximum Gasteiger partial charge on any atom is 0.252 e. The van der Waals surface area contributed by atoms with E-state index in [-0.39, 0.29) is 17.0 Å². The molecule has 69 heavy (non-hydrogen) atoms. The Hall–Kier alpha value is -6.07. The predicted octanol–water partition coefficient (Wildman–Crippen LogP) is 10.3. The summed E-state index contributed by atoms with van der Waals surface area (Å²) in [5.74, 6) is 0. The zero-order valence-corrected chi connectivity index (χ0v) is 41.5. The smallest absolute Gasteiger partial charge is 0.252 e.